The molecule has 2 saturated heterocycles. The van der Waals surface area contributed by atoms with E-state index in [-0.39, 0.29) is 13.2 Å². The van der Waals surface area contributed by atoms with Crippen molar-refractivity contribution >= 4 is 17.6 Å². The molecule has 3 aromatic carbocycles. The lowest BCUT2D eigenvalue weighted by Crippen LogP contribution is -2.52. The number of nitriles is 1. The van der Waals surface area contributed by atoms with Gasteiger partial charge < -0.3 is 30.0 Å². The highest BCUT2D eigenvalue weighted by molar-refractivity contribution is 6.32. The van der Waals surface area contributed by atoms with E-state index in [1.54, 1.807) is 18.3 Å². The topological polar surface area (TPSA) is 134 Å². The lowest BCUT2D eigenvalue weighted by molar-refractivity contribution is -0.144. The highest BCUT2D eigenvalue weighted by Crippen LogP contribution is 2.48. The average Bonchev–Trinajstić information content (AvgIpc) is 3.19. The van der Waals surface area contributed by atoms with E-state index in [0.717, 1.165) is 64.9 Å². The predicted molar refractivity (Wildman–Crippen MR) is 217 cm³/mol. The zero-order chi connectivity index (χ0) is 39.1. The fourth-order valence-electron chi connectivity index (χ4n) is 8.66. The summed E-state index contributed by atoms with van der Waals surface area (Å²) in [6.45, 7) is 7.63. The van der Waals surface area contributed by atoms with Crippen molar-refractivity contribution in [3.8, 4) is 34.4 Å². The third-order valence-corrected chi connectivity index (χ3v) is 12.2. The van der Waals surface area contributed by atoms with Gasteiger partial charge in [0.25, 0.3) is 0 Å². The maximum atomic E-state index is 12.1. The molecule has 0 radical (unpaired) electrons. The zero-order valence-electron chi connectivity index (χ0n) is 32.2. The number of aromatic nitrogens is 1. The number of piperidine rings is 2. The van der Waals surface area contributed by atoms with Crippen LogP contribution in [-0.2, 0) is 24.6 Å². The highest BCUT2D eigenvalue weighted by Gasteiger charge is 2.44. The number of carboxylic acids is 1. The number of carboxylic acid groups (broad SMARTS) is 1. The predicted octanol–water partition coefficient (Wildman–Crippen LogP) is 8.15. The standard InChI is InChI=1S/C45H52ClN5O5/c1-31-35(8-5-10-39(31)34-7-4-9-38(20-34)54-18-6-14-50-16-12-45(13-17-50)23-37(48)24-45)30-56-43-22-42(55-29-33-19-32(25-47)26-49-27-33)36(21-40(43)46)28-51-15-3-2-11-41(51)44(52)53/h4-5,7-10,19-22,26-27,37,41H,2-3,6,11-18,23-24,28-30,48H2,1H3,(H,52,53)/t41-/m0/s1. The molecule has 0 unspecified atom stereocenters. The summed E-state index contributed by atoms with van der Waals surface area (Å²) in [6.07, 6.45) is 11.5. The molecular weight excluding hydrogens is 726 g/mol. The molecule has 0 amide bonds. The minimum Gasteiger partial charge on any atom is -0.494 e. The lowest BCUT2D eigenvalue weighted by atomic mass is 9.61. The van der Waals surface area contributed by atoms with Crippen LogP contribution >= 0.6 is 11.6 Å². The molecular formula is C45H52ClN5O5. The van der Waals surface area contributed by atoms with Crippen molar-refractivity contribution in [3.63, 3.8) is 0 Å². The van der Waals surface area contributed by atoms with Gasteiger partial charge in [-0.15, -0.1) is 0 Å². The van der Waals surface area contributed by atoms with Gasteiger partial charge in [-0.05, 0) is 123 Å². The minimum atomic E-state index is -0.828. The van der Waals surface area contributed by atoms with Gasteiger partial charge in [0.1, 0.15) is 42.6 Å². The molecule has 3 aliphatic rings. The maximum Gasteiger partial charge on any atom is 0.320 e. The van der Waals surface area contributed by atoms with Crippen LogP contribution in [0.3, 0.4) is 0 Å². The van der Waals surface area contributed by atoms with Gasteiger partial charge in [0.15, 0.2) is 0 Å². The molecule has 1 saturated carbocycles. The number of hydrogen-bond donors (Lipinski definition) is 2. The van der Waals surface area contributed by atoms with E-state index in [2.05, 4.69) is 47.1 Å². The van der Waals surface area contributed by atoms with Crippen LogP contribution in [-0.4, -0.2) is 70.7 Å². The highest BCUT2D eigenvalue weighted by atomic mass is 35.5. The van der Waals surface area contributed by atoms with E-state index in [0.29, 0.717) is 59.7 Å². The van der Waals surface area contributed by atoms with E-state index in [4.69, 9.17) is 31.5 Å². The summed E-state index contributed by atoms with van der Waals surface area (Å²) in [6, 6.07) is 21.8. The number of carbonyl (C=O) groups is 1. The Morgan fingerprint density at radius 3 is 2.57 bits per heavy atom. The van der Waals surface area contributed by atoms with E-state index in [1.807, 2.05) is 29.2 Å². The Labute approximate surface area is 335 Å². The maximum absolute atomic E-state index is 12.1. The van der Waals surface area contributed by atoms with Crippen LogP contribution in [0.1, 0.15) is 79.2 Å². The van der Waals surface area contributed by atoms with Crippen molar-refractivity contribution in [2.45, 2.75) is 90.1 Å². The number of nitrogens with two attached hydrogens (primary N) is 1. The second kappa shape index (κ2) is 18.1. The molecule has 1 aliphatic carbocycles. The summed E-state index contributed by atoms with van der Waals surface area (Å²) in [5, 5.41) is 19.7. The largest absolute Gasteiger partial charge is 0.494 e. The van der Waals surface area contributed by atoms with Crippen LogP contribution < -0.4 is 19.9 Å². The van der Waals surface area contributed by atoms with Gasteiger partial charge in [-0.1, -0.05) is 48.4 Å². The van der Waals surface area contributed by atoms with Crippen molar-refractivity contribution in [2.24, 2.45) is 11.1 Å². The Bertz CT molecular complexity index is 2040. The Kier molecular flexibility index (Phi) is 12.8. The Morgan fingerprint density at radius 2 is 1.79 bits per heavy atom. The van der Waals surface area contributed by atoms with Crippen molar-refractivity contribution in [2.75, 3.05) is 32.8 Å². The normalized spacial score (nSPS) is 18.6. The molecule has 1 spiro atoms. The first-order chi connectivity index (χ1) is 27.2. The van der Waals surface area contributed by atoms with Gasteiger partial charge in [0.05, 0.1) is 17.2 Å². The summed E-state index contributed by atoms with van der Waals surface area (Å²) >= 11 is 6.86. The van der Waals surface area contributed by atoms with Crippen LogP contribution in [0.25, 0.3) is 11.1 Å². The molecule has 4 aromatic rings. The van der Waals surface area contributed by atoms with Gasteiger partial charge in [-0.3, -0.25) is 14.7 Å². The Hall–Kier alpha value is -4.66. The first-order valence-electron chi connectivity index (χ1n) is 19.9. The second-order valence-corrected chi connectivity index (χ2v) is 16.2. The number of nitrogens with zero attached hydrogens (tertiary/aromatic N) is 4. The second-order valence-electron chi connectivity index (χ2n) is 15.8. The Balaban J connectivity index is 1.00. The molecule has 3 heterocycles. The van der Waals surface area contributed by atoms with Crippen molar-refractivity contribution in [3.05, 3.63) is 106 Å². The first kappa shape index (κ1) is 39.6. The van der Waals surface area contributed by atoms with Crippen molar-refractivity contribution in [1.29, 1.82) is 5.26 Å². The molecule has 3 N–H and O–H groups in total. The fraction of sp³-hybridized carbons (Fsp3) is 0.444. The smallest absolute Gasteiger partial charge is 0.320 e. The first-order valence-corrected chi connectivity index (χ1v) is 20.2. The monoisotopic (exact) mass is 777 g/mol. The third kappa shape index (κ3) is 9.64. The van der Waals surface area contributed by atoms with Crippen LogP contribution in [0.5, 0.6) is 17.2 Å². The zero-order valence-corrected chi connectivity index (χ0v) is 33.0. The number of rotatable bonds is 15. The van der Waals surface area contributed by atoms with Gasteiger partial charge >= 0.3 is 5.97 Å². The third-order valence-electron chi connectivity index (χ3n) is 11.9. The molecule has 10 nitrogen and oxygen atoms in total. The van der Waals surface area contributed by atoms with Crippen LogP contribution in [0.15, 0.2) is 73.1 Å². The lowest BCUT2D eigenvalue weighted by Gasteiger charge is -2.51. The average molecular weight is 778 g/mol. The summed E-state index contributed by atoms with van der Waals surface area (Å²) in [5.41, 5.74) is 12.8. The van der Waals surface area contributed by atoms with E-state index >= 15 is 0 Å². The number of ether oxygens (including phenoxy) is 3. The summed E-state index contributed by atoms with van der Waals surface area (Å²) < 4.78 is 18.9. The molecule has 1 aromatic heterocycles. The molecule has 7 rings (SSSR count). The summed E-state index contributed by atoms with van der Waals surface area (Å²) in [5.74, 6) is 1.02. The van der Waals surface area contributed by atoms with E-state index in [1.165, 1.54) is 45.0 Å². The number of aliphatic carboxylic acids is 1. The number of pyridine rings is 1. The number of hydrogen-bond acceptors (Lipinski definition) is 9. The summed E-state index contributed by atoms with van der Waals surface area (Å²) in [4.78, 5) is 20.8. The van der Waals surface area contributed by atoms with Gasteiger partial charge in [-0.25, -0.2) is 0 Å². The van der Waals surface area contributed by atoms with E-state index in [9.17, 15) is 15.2 Å². The van der Waals surface area contributed by atoms with Gasteiger partial charge in [0.2, 0.25) is 0 Å². The molecule has 0 bridgehead atoms. The van der Waals surface area contributed by atoms with Crippen LogP contribution in [0.4, 0.5) is 0 Å². The molecule has 1 atom stereocenters. The van der Waals surface area contributed by atoms with Crippen LogP contribution in [0, 0.1) is 23.7 Å². The van der Waals surface area contributed by atoms with Gasteiger partial charge in [0, 0.05) is 48.7 Å². The number of benzene rings is 3. The van der Waals surface area contributed by atoms with Crippen molar-refractivity contribution < 1.29 is 24.1 Å². The molecule has 2 aliphatic heterocycles. The number of halogens is 1. The SMILES string of the molecule is Cc1c(COc2cc(OCc3cncc(C#N)c3)c(CN3CCCC[C@H]3C(=O)O)cc2Cl)cccc1-c1cccc(OCCCN2CCC3(CC2)CC(N)C3)c1. The van der Waals surface area contributed by atoms with Crippen LogP contribution in [0.2, 0.25) is 5.02 Å². The number of likely N-dealkylation sites (tertiary alicyclic amines) is 2. The minimum absolute atomic E-state index is 0.165. The Morgan fingerprint density at radius 1 is 0.982 bits per heavy atom. The molecule has 3 fully saturated rings. The quantitative estimate of drug-likeness (QED) is 0.114. The van der Waals surface area contributed by atoms with Crippen molar-refractivity contribution in [1.82, 2.24) is 14.8 Å². The van der Waals surface area contributed by atoms with E-state index < -0.39 is 12.0 Å². The summed E-state index contributed by atoms with van der Waals surface area (Å²) in [7, 11) is 0. The molecule has 56 heavy (non-hydrogen) atoms. The molecule has 294 valence electrons. The molecule has 11 heteroatoms. The fourth-order valence-corrected chi connectivity index (χ4v) is 8.90. The van der Waals surface area contributed by atoms with Gasteiger partial charge in [-0.2, -0.15) is 5.26 Å².